The van der Waals surface area contributed by atoms with Gasteiger partial charge in [0.2, 0.25) is 0 Å². The van der Waals surface area contributed by atoms with E-state index in [1.54, 1.807) is 6.07 Å². The minimum atomic E-state index is -0.521. The molecule has 6 heteroatoms. The van der Waals surface area contributed by atoms with Gasteiger partial charge >= 0.3 is 6.03 Å². The van der Waals surface area contributed by atoms with Crippen molar-refractivity contribution in [3.63, 3.8) is 0 Å². The van der Waals surface area contributed by atoms with Crippen LogP contribution in [0.1, 0.15) is 25.7 Å². The fourth-order valence-corrected chi connectivity index (χ4v) is 2.56. The molecule has 0 bridgehead atoms. The number of amides is 2. The molecule has 0 saturated heterocycles. The fraction of sp³-hybridized carbons (Fsp3) is 0.462. The average molecular weight is 331 g/mol. The van der Waals surface area contributed by atoms with Crippen molar-refractivity contribution in [2.45, 2.75) is 37.8 Å². The summed E-state index contributed by atoms with van der Waals surface area (Å²) >= 11 is 3.22. The number of aliphatic hydroxyl groups is 1. The topological polar surface area (TPSA) is 61.4 Å². The Balaban J connectivity index is 1.95. The number of carbonyl (C=O) groups excluding carboxylic acids is 1. The molecule has 1 fully saturated rings. The predicted octanol–water partition coefficient (Wildman–Crippen LogP) is 3.01. The lowest BCUT2D eigenvalue weighted by atomic mass is 9.93. The molecule has 3 N–H and O–H groups in total. The minimum Gasteiger partial charge on any atom is -0.391 e. The second kappa shape index (κ2) is 6.34. The highest BCUT2D eigenvalue weighted by Gasteiger charge is 2.24. The van der Waals surface area contributed by atoms with Gasteiger partial charge in [0.25, 0.3) is 0 Å². The zero-order valence-electron chi connectivity index (χ0n) is 10.3. The van der Waals surface area contributed by atoms with Crippen LogP contribution in [0.3, 0.4) is 0 Å². The maximum Gasteiger partial charge on any atom is 0.319 e. The number of hydrogen-bond donors (Lipinski definition) is 3. The van der Waals surface area contributed by atoms with Crippen LogP contribution in [0.15, 0.2) is 22.7 Å². The summed E-state index contributed by atoms with van der Waals surface area (Å²) in [6.07, 6.45) is 2.87. The van der Waals surface area contributed by atoms with Gasteiger partial charge in [-0.3, -0.25) is 0 Å². The number of aliphatic hydroxyl groups excluding tert-OH is 1. The third-order valence-electron chi connectivity index (χ3n) is 3.22. The molecule has 0 aromatic heterocycles. The molecule has 2 rings (SSSR count). The Morgan fingerprint density at radius 1 is 1.37 bits per heavy atom. The quantitative estimate of drug-likeness (QED) is 0.780. The summed E-state index contributed by atoms with van der Waals surface area (Å²) in [6.45, 7) is 0. The van der Waals surface area contributed by atoms with E-state index in [0.717, 1.165) is 19.3 Å². The highest BCUT2D eigenvalue weighted by atomic mass is 79.9. The number of anilines is 1. The first-order valence-corrected chi connectivity index (χ1v) is 7.06. The van der Waals surface area contributed by atoms with E-state index in [4.69, 9.17) is 0 Å². The molecule has 4 nitrogen and oxygen atoms in total. The first-order chi connectivity index (χ1) is 9.06. The summed E-state index contributed by atoms with van der Waals surface area (Å²) in [5.74, 6) is -0.498. The number of halogens is 2. The van der Waals surface area contributed by atoms with Crippen molar-refractivity contribution in [1.82, 2.24) is 5.32 Å². The van der Waals surface area contributed by atoms with E-state index in [9.17, 15) is 14.3 Å². The third-order valence-corrected chi connectivity index (χ3v) is 3.72. The number of hydrogen-bond acceptors (Lipinski definition) is 2. The molecule has 0 heterocycles. The number of carbonyl (C=O) groups is 1. The second-order valence-electron chi connectivity index (χ2n) is 4.68. The molecule has 2 atom stereocenters. The van der Waals surface area contributed by atoms with Gasteiger partial charge in [-0.05, 0) is 31.0 Å². The zero-order chi connectivity index (χ0) is 13.8. The van der Waals surface area contributed by atoms with Crippen LogP contribution in [0.4, 0.5) is 14.9 Å². The van der Waals surface area contributed by atoms with Gasteiger partial charge in [0.05, 0.1) is 17.8 Å². The van der Waals surface area contributed by atoms with Crippen molar-refractivity contribution < 1.29 is 14.3 Å². The van der Waals surface area contributed by atoms with Gasteiger partial charge in [-0.1, -0.05) is 28.8 Å². The van der Waals surface area contributed by atoms with E-state index in [1.807, 2.05) is 0 Å². The van der Waals surface area contributed by atoms with Crippen LogP contribution in [0.2, 0.25) is 0 Å². The third kappa shape index (κ3) is 3.91. The lowest BCUT2D eigenvalue weighted by molar-refractivity contribution is 0.0955. The molecule has 0 aliphatic heterocycles. The molecule has 0 spiro atoms. The van der Waals surface area contributed by atoms with Gasteiger partial charge in [-0.2, -0.15) is 0 Å². The van der Waals surface area contributed by atoms with Crippen molar-refractivity contribution in [3.05, 3.63) is 28.5 Å². The van der Waals surface area contributed by atoms with Gasteiger partial charge < -0.3 is 15.7 Å². The molecular formula is C13H16BrFN2O2. The van der Waals surface area contributed by atoms with Gasteiger partial charge in [0.15, 0.2) is 0 Å². The summed E-state index contributed by atoms with van der Waals surface area (Å²) in [7, 11) is 0. The molecular weight excluding hydrogens is 315 g/mol. The van der Waals surface area contributed by atoms with E-state index in [2.05, 4.69) is 26.6 Å². The predicted molar refractivity (Wildman–Crippen MR) is 74.5 cm³/mol. The van der Waals surface area contributed by atoms with Crippen molar-refractivity contribution in [1.29, 1.82) is 0 Å². The number of benzene rings is 1. The largest absolute Gasteiger partial charge is 0.391 e. The standard InChI is InChI=1S/C13H16BrFN2O2/c14-8-5-6-9(15)11(7-8)17-13(19)16-10-3-1-2-4-12(10)18/h5-7,10,12,18H,1-4H2,(H2,16,17,19). The van der Waals surface area contributed by atoms with Crippen LogP contribution in [0.25, 0.3) is 0 Å². The summed E-state index contributed by atoms with van der Waals surface area (Å²) in [5.41, 5.74) is 0.108. The molecule has 2 unspecified atom stereocenters. The van der Waals surface area contributed by atoms with Gasteiger partial charge in [0, 0.05) is 4.47 Å². The Hall–Kier alpha value is -1.14. The molecule has 19 heavy (non-hydrogen) atoms. The lowest BCUT2D eigenvalue weighted by Gasteiger charge is -2.28. The Labute approximate surface area is 119 Å². The Morgan fingerprint density at radius 3 is 2.84 bits per heavy atom. The fourth-order valence-electron chi connectivity index (χ4n) is 2.20. The van der Waals surface area contributed by atoms with Crippen LogP contribution in [-0.4, -0.2) is 23.3 Å². The molecule has 104 valence electrons. The first-order valence-electron chi connectivity index (χ1n) is 6.27. The normalized spacial score (nSPS) is 22.9. The summed E-state index contributed by atoms with van der Waals surface area (Å²) in [4.78, 5) is 11.8. The molecule has 1 aromatic rings. The monoisotopic (exact) mass is 330 g/mol. The summed E-state index contributed by atoms with van der Waals surface area (Å²) in [6, 6.07) is 3.57. The number of rotatable bonds is 2. The molecule has 1 saturated carbocycles. The van der Waals surface area contributed by atoms with Gasteiger partial charge in [0.1, 0.15) is 5.82 Å². The maximum absolute atomic E-state index is 13.5. The highest BCUT2D eigenvalue weighted by molar-refractivity contribution is 9.10. The van der Waals surface area contributed by atoms with Gasteiger partial charge in [-0.15, -0.1) is 0 Å². The first kappa shape index (κ1) is 14.3. The van der Waals surface area contributed by atoms with Crippen LogP contribution < -0.4 is 10.6 Å². The summed E-state index contributed by atoms with van der Waals surface area (Å²) < 4.78 is 14.2. The average Bonchev–Trinajstić information content (AvgIpc) is 2.37. The van der Waals surface area contributed by atoms with E-state index < -0.39 is 18.0 Å². The van der Waals surface area contributed by atoms with Crippen molar-refractivity contribution >= 4 is 27.6 Å². The zero-order valence-corrected chi connectivity index (χ0v) is 11.9. The Kier molecular flexibility index (Phi) is 4.76. The lowest BCUT2D eigenvalue weighted by Crippen LogP contribution is -2.46. The maximum atomic E-state index is 13.5. The van der Waals surface area contributed by atoms with Crippen molar-refractivity contribution in [3.8, 4) is 0 Å². The molecule has 1 aromatic carbocycles. The van der Waals surface area contributed by atoms with E-state index >= 15 is 0 Å². The van der Waals surface area contributed by atoms with Gasteiger partial charge in [-0.25, -0.2) is 9.18 Å². The SMILES string of the molecule is O=C(Nc1cc(Br)ccc1F)NC1CCCCC1O. The molecule has 2 amide bonds. The number of urea groups is 1. The second-order valence-corrected chi connectivity index (χ2v) is 5.60. The molecule has 1 aliphatic carbocycles. The molecule has 0 radical (unpaired) electrons. The highest BCUT2D eigenvalue weighted by Crippen LogP contribution is 2.21. The van der Waals surface area contributed by atoms with E-state index in [1.165, 1.54) is 12.1 Å². The van der Waals surface area contributed by atoms with E-state index in [-0.39, 0.29) is 11.7 Å². The van der Waals surface area contributed by atoms with Crippen LogP contribution in [-0.2, 0) is 0 Å². The summed E-state index contributed by atoms with van der Waals surface area (Å²) in [5, 5.41) is 14.9. The number of nitrogens with one attached hydrogen (secondary N) is 2. The molecule has 1 aliphatic rings. The smallest absolute Gasteiger partial charge is 0.319 e. The van der Waals surface area contributed by atoms with E-state index in [0.29, 0.717) is 10.9 Å². The van der Waals surface area contributed by atoms with Crippen molar-refractivity contribution in [2.24, 2.45) is 0 Å². The minimum absolute atomic E-state index is 0.108. The van der Waals surface area contributed by atoms with Crippen LogP contribution >= 0.6 is 15.9 Å². The Bertz CT molecular complexity index is 470. The van der Waals surface area contributed by atoms with Crippen molar-refractivity contribution in [2.75, 3.05) is 5.32 Å². The van der Waals surface area contributed by atoms with Crippen LogP contribution in [0.5, 0.6) is 0 Å². The van der Waals surface area contributed by atoms with Crippen LogP contribution in [0, 0.1) is 5.82 Å². The Morgan fingerprint density at radius 2 is 2.11 bits per heavy atom.